The first kappa shape index (κ1) is 16.8. The molecule has 0 saturated carbocycles. The van der Waals surface area contributed by atoms with Gasteiger partial charge in [-0.15, -0.1) is 0 Å². The van der Waals surface area contributed by atoms with Gasteiger partial charge in [-0.3, -0.25) is 0 Å². The molecule has 0 aromatic heterocycles. The molecule has 1 N–H and O–H groups in total. The molecule has 0 aliphatic carbocycles. The van der Waals surface area contributed by atoms with Crippen molar-refractivity contribution in [2.45, 2.75) is 37.5 Å². The van der Waals surface area contributed by atoms with Gasteiger partial charge in [0.2, 0.25) is 10.0 Å². The van der Waals surface area contributed by atoms with Gasteiger partial charge in [-0.1, -0.05) is 41.5 Å². The van der Waals surface area contributed by atoms with Crippen LogP contribution in [-0.2, 0) is 10.0 Å². The summed E-state index contributed by atoms with van der Waals surface area (Å²) in [5, 5.41) is 0. The van der Waals surface area contributed by atoms with Crippen LogP contribution in [0.25, 0.3) is 0 Å². The molecule has 0 aliphatic rings. The van der Waals surface area contributed by atoms with Gasteiger partial charge in [-0.25, -0.2) is 17.5 Å². The lowest BCUT2D eigenvalue weighted by atomic mass is 10.2. The number of hydrogen-bond donors (Lipinski definition) is 1. The molecule has 0 atom stereocenters. The van der Waals surface area contributed by atoms with E-state index >= 15 is 0 Å². The average Bonchev–Trinajstić information content (AvgIpc) is 2.36. The Morgan fingerprint density at radius 3 is 2.58 bits per heavy atom. The van der Waals surface area contributed by atoms with Crippen molar-refractivity contribution in [2.24, 2.45) is 0 Å². The maximum absolute atomic E-state index is 13.1. The van der Waals surface area contributed by atoms with E-state index in [0.29, 0.717) is 12.1 Å². The molecule has 0 fully saturated rings. The van der Waals surface area contributed by atoms with Crippen molar-refractivity contribution in [3.8, 4) is 0 Å². The van der Waals surface area contributed by atoms with E-state index in [4.69, 9.17) is 0 Å². The Morgan fingerprint density at radius 2 is 1.89 bits per heavy atom. The summed E-state index contributed by atoms with van der Waals surface area (Å²) in [6.07, 6.45) is 4.10. The lowest BCUT2D eigenvalue weighted by Gasteiger charge is -2.09. The highest BCUT2D eigenvalue weighted by atomic mass is 127. The van der Waals surface area contributed by atoms with Crippen LogP contribution in [0.3, 0.4) is 0 Å². The van der Waals surface area contributed by atoms with E-state index in [-0.39, 0.29) is 4.90 Å². The predicted octanol–water partition coefficient (Wildman–Crippen LogP) is 3.41. The molecule has 1 rings (SSSR count). The Hall–Kier alpha value is -0.210. The monoisotopic (exact) mass is 399 g/mol. The summed E-state index contributed by atoms with van der Waals surface area (Å²) < 4.78 is 40.8. The van der Waals surface area contributed by atoms with E-state index in [1.165, 1.54) is 12.1 Å². The van der Waals surface area contributed by atoms with E-state index in [2.05, 4.69) is 27.3 Å². The van der Waals surface area contributed by atoms with E-state index in [1.807, 2.05) is 0 Å². The van der Waals surface area contributed by atoms with Crippen molar-refractivity contribution in [3.63, 3.8) is 0 Å². The number of alkyl halides is 1. The highest BCUT2D eigenvalue weighted by Crippen LogP contribution is 2.16. The molecule has 3 nitrogen and oxygen atoms in total. The number of aryl methyl sites for hydroxylation is 1. The Bertz CT molecular complexity index is 505. The fourth-order valence-electron chi connectivity index (χ4n) is 1.72. The van der Waals surface area contributed by atoms with Crippen molar-refractivity contribution in [1.82, 2.24) is 4.72 Å². The van der Waals surface area contributed by atoms with Crippen LogP contribution in [-0.4, -0.2) is 19.4 Å². The molecule has 0 radical (unpaired) electrons. The molecular weight excluding hydrogens is 380 g/mol. The van der Waals surface area contributed by atoms with Crippen LogP contribution in [0, 0.1) is 12.7 Å². The zero-order valence-corrected chi connectivity index (χ0v) is 13.9. The van der Waals surface area contributed by atoms with Crippen LogP contribution < -0.4 is 4.72 Å². The van der Waals surface area contributed by atoms with Crippen molar-refractivity contribution < 1.29 is 12.8 Å². The minimum atomic E-state index is -3.60. The van der Waals surface area contributed by atoms with Crippen LogP contribution >= 0.6 is 22.6 Å². The zero-order valence-electron chi connectivity index (χ0n) is 11.0. The fourth-order valence-corrected chi connectivity index (χ4v) is 3.59. The first-order chi connectivity index (χ1) is 8.97. The van der Waals surface area contributed by atoms with Crippen LogP contribution in [0.4, 0.5) is 4.39 Å². The maximum atomic E-state index is 13.1. The van der Waals surface area contributed by atoms with Crippen molar-refractivity contribution in [1.29, 1.82) is 0 Å². The van der Waals surface area contributed by atoms with E-state index in [9.17, 15) is 12.8 Å². The average molecular weight is 399 g/mol. The molecule has 0 bridgehead atoms. The molecule has 0 aliphatic heterocycles. The lowest BCUT2D eigenvalue weighted by Crippen LogP contribution is -2.25. The number of nitrogens with one attached hydrogen (secondary N) is 1. The molecule has 1 aromatic carbocycles. The molecule has 0 spiro atoms. The largest absolute Gasteiger partial charge is 0.240 e. The van der Waals surface area contributed by atoms with Gasteiger partial charge >= 0.3 is 0 Å². The molecule has 0 unspecified atom stereocenters. The van der Waals surface area contributed by atoms with Gasteiger partial charge in [0.15, 0.2) is 0 Å². The summed E-state index contributed by atoms with van der Waals surface area (Å²) in [5.74, 6) is -0.534. The van der Waals surface area contributed by atoms with Gasteiger partial charge in [0.25, 0.3) is 0 Å². The number of benzene rings is 1. The Morgan fingerprint density at radius 1 is 1.21 bits per heavy atom. The summed E-state index contributed by atoms with van der Waals surface area (Å²) >= 11 is 2.33. The molecule has 19 heavy (non-hydrogen) atoms. The summed E-state index contributed by atoms with van der Waals surface area (Å²) in [4.78, 5) is 0.0276. The molecule has 0 saturated heterocycles. The van der Waals surface area contributed by atoms with Crippen LogP contribution in [0.15, 0.2) is 23.1 Å². The topological polar surface area (TPSA) is 46.2 Å². The van der Waals surface area contributed by atoms with Crippen LogP contribution in [0.5, 0.6) is 0 Å². The highest BCUT2D eigenvalue weighted by molar-refractivity contribution is 14.1. The minimum Gasteiger partial charge on any atom is -0.211 e. The molecule has 0 heterocycles. The standard InChI is InChI=1S/C13H19FINO2S/c1-11-6-7-12(14)10-13(11)19(17,18)16-9-5-3-2-4-8-15/h6-7,10,16H,2-5,8-9H2,1H3. The predicted molar refractivity (Wildman–Crippen MR) is 83.7 cm³/mol. The van der Waals surface area contributed by atoms with Gasteiger partial charge in [0.05, 0.1) is 4.90 Å². The lowest BCUT2D eigenvalue weighted by molar-refractivity contribution is 0.570. The third-order valence-corrected chi connectivity index (χ3v) is 5.16. The number of rotatable bonds is 8. The van der Waals surface area contributed by atoms with Crippen molar-refractivity contribution >= 4 is 32.6 Å². The van der Waals surface area contributed by atoms with E-state index in [1.54, 1.807) is 6.92 Å². The third-order valence-electron chi connectivity index (χ3n) is 2.79. The normalized spacial score (nSPS) is 11.7. The van der Waals surface area contributed by atoms with Crippen molar-refractivity contribution in [2.75, 3.05) is 11.0 Å². The number of hydrogen-bond acceptors (Lipinski definition) is 2. The van der Waals surface area contributed by atoms with Crippen molar-refractivity contribution in [3.05, 3.63) is 29.6 Å². The quantitative estimate of drug-likeness (QED) is 0.414. The maximum Gasteiger partial charge on any atom is 0.240 e. The molecule has 108 valence electrons. The number of halogens is 2. The van der Waals surface area contributed by atoms with Crippen LogP contribution in [0.1, 0.15) is 31.2 Å². The second-order valence-electron chi connectivity index (χ2n) is 4.41. The Balaban J connectivity index is 2.54. The highest BCUT2D eigenvalue weighted by Gasteiger charge is 2.16. The second kappa shape index (κ2) is 8.16. The fraction of sp³-hybridized carbons (Fsp3) is 0.538. The first-order valence-electron chi connectivity index (χ1n) is 6.29. The number of unbranched alkanes of at least 4 members (excludes halogenated alkanes) is 3. The van der Waals surface area contributed by atoms with Gasteiger partial charge in [0, 0.05) is 6.54 Å². The summed E-state index contributed by atoms with van der Waals surface area (Å²) in [6, 6.07) is 3.80. The molecule has 6 heteroatoms. The van der Waals surface area contributed by atoms with E-state index < -0.39 is 15.8 Å². The molecule has 0 amide bonds. The number of sulfonamides is 1. The first-order valence-corrected chi connectivity index (χ1v) is 9.30. The van der Waals surface area contributed by atoms with Gasteiger partial charge in [-0.2, -0.15) is 0 Å². The summed E-state index contributed by atoms with van der Waals surface area (Å²) in [6.45, 7) is 2.06. The summed E-state index contributed by atoms with van der Waals surface area (Å²) in [5.41, 5.74) is 0.554. The van der Waals surface area contributed by atoms with E-state index in [0.717, 1.165) is 36.2 Å². The van der Waals surface area contributed by atoms with Gasteiger partial charge < -0.3 is 0 Å². The SMILES string of the molecule is Cc1ccc(F)cc1S(=O)(=O)NCCCCCCI. The Kier molecular flexibility index (Phi) is 7.23. The Labute approximate surface area is 128 Å². The second-order valence-corrected chi connectivity index (χ2v) is 7.22. The summed E-state index contributed by atoms with van der Waals surface area (Å²) in [7, 11) is -3.60. The minimum absolute atomic E-state index is 0.0276. The smallest absolute Gasteiger partial charge is 0.211 e. The van der Waals surface area contributed by atoms with Gasteiger partial charge in [0.1, 0.15) is 5.82 Å². The van der Waals surface area contributed by atoms with Gasteiger partial charge in [-0.05, 0) is 41.9 Å². The molecule has 1 aromatic rings. The third kappa shape index (κ3) is 5.74. The molecular formula is C13H19FINO2S. The van der Waals surface area contributed by atoms with Crippen LogP contribution in [0.2, 0.25) is 0 Å². The zero-order chi connectivity index (χ0) is 14.3.